The van der Waals surface area contributed by atoms with Crippen LogP contribution in [-0.4, -0.2) is 20.5 Å². The fraction of sp³-hybridized carbons (Fsp3) is 0.0625. The Morgan fingerprint density at radius 1 is 1.37 bits per heavy atom. The summed E-state index contributed by atoms with van der Waals surface area (Å²) in [7, 11) is 0. The lowest BCUT2D eigenvalue weighted by molar-refractivity contribution is -0.380. The summed E-state index contributed by atoms with van der Waals surface area (Å²) in [5.74, 6) is -0.745. The summed E-state index contributed by atoms with van der Waals surface area (Å²) in [6.07, 6.45) is 2.40. The van der Waals surface area contributed by atoms with Crippen molar-refractivity contribution in [2.75, 3.05) is 5.32 Å². The van der Waals surface area contributed by atoms with Gasteiger partial charge in [0, 0.05) is 11.2 Å². The third-order valence-corrected chi connectivity index (χ3v) is 4.41. The van der Waals surface area contributed by atoms with E-state index in [9.17, 15) is 19.7 Å². The SMILES string of the molecule is O=C(Nc1ncc([N+](=O)[O-])s1)c1cccn(OCc2cccc(Cl)c2)c1=O. The second-order valence-corrected chi connectivity index (χ2v) is 6.62. The molecule has 0 spiro atoms. The third-order valence-electron chi connectivity index (χ3n) is 3.31. The molecule has 0 bridgehead atoms. The van der Waals surface area contributed by atoms with Crippen molar-refractivity contribution in [1.29, 1.82) is 0 Å². The van der Waals surface area contributed by atoms with E-state index in [4.69, 9.17) is 16.4 Å². The lowest BCUT2D eigenvalue weighted by atomic mass is 10.2. The molecule has 27 heavy (non-hydrogen) atoms. The number of halogens is 1. The molecule has 0 saturated carbocycles. The lowest BCUT2D eigenvalue weighted by Crippen LogP contribution is -2.32. The molecule has 3 rings (SSSR count). The zero-order valence-electron chi connectivity index (χ0n) is 13.5. The number of hydrogen-bond acceptors (Lipinski definition) is 7. The Labute approximate surface area is 160 Å². The van der Waals surface area contributed by atoms with Gasteiger partial charge in [0.1, 0.15) is 18.4 Å². The lowest BCUT2D eigenvalue weighted by Gasteiger charge is -2.10. The first kappa shape index (κ1) is 18.5. The van der Waals surface area contributed by atoms with Crippen LogP contribution in [0, 0.1) is 10.1 Å². The fourth-order valence-electron chi connectivity index (χ4n) is 2.09. The van der Waals surface area contributed by atoms with Gasteiger partial charge in [0.2, 0.25) is 0 Å². The number of amides is 1. The molecule has 3 aromatic rings. The predicted octanol–water partition coefficient (Wildman–Crippen LogP) is 2.75. The number of anilines is 1. The van der Waals surface area contributed by atoms with Crippen LogP contribution in [0.4, 0.5) is 10.1 Å². The molecule has 9 nitrogen and oxygen atoms in total. The van der Waals surface area contributed by atoms with Crippen LogP contribution in [0.25, 0.3) is 0 Å². The average molecular weight is 407 g/mol. The molecule has 0 aliphatic heterocycles. The second-order valence-electron chi connectivity index (χ2n) is 5.17. The number of thiazole rings is 1. The summed E-state index contributed by atoms with van der Waals surface area (Å²) >= 11 is 6.59. The molecule has 1 aromatic carbocycles. The molecular weight excluding hydrogens is 396 g/mol. The fourth-order valence-corrected chi connectivity index (χ4v) is 2.93. The van der Waals surface area contributed by atoms with E-state index in [1.54, 1.807) is 24.3 Å². The van der Waals surface area contributed by atoms with E-state index in [2.05, 4.69) is 10.3 Å². The van der Waals surface area contributed by atoms with Gasteiger partial charge >= 0.3 is 5.00 Å². The molecule has 0 aliphatic rings. The number of pyridine rings is 1. The number of carbonyl (C=O) groups is 1. The van der Waals surface area contributed by atoms with E-state index in [1.165, 1.54) is 18.3 Å². The number of hydrogen-bond donors (Lipinski definition) is 1. The first-order chi connectivity index (χ1) is 12.9. The Morgan fingerprint density at radius 2 is 2.19 bits per heavy atom. The second kappa shape index (κ2) is 7.98. The van der Waals surface area contributed by atoms with Gasteiger partial charge in [-0.2, -0.15) is 4.73 Å². The Kier molecular flexibility index (Phi) is 5.48. The van der Waals surface area contributed by atoms with Gasteiger partial charge in [-0.15, -0.1) is 0 Å². The number of benzene rings is 1. The predicted molar refractivity (Wildman–Crippen MR) is 99.2 cm³/mol. The highest BCUT2D eigenvalue weighted by atomic mass is 35.5. The topological polar surface area (TPSA) is 116 Å². The molecular formula is C16H11ClN4O5S. The van der Waals surface area contributed by atoms with Crippen LogP contribution in [0.5, 0.6) is 0 Å². The van der Waals surface area contributed by atoms with Crippen molar-refractivity contribution >= 4 is 39.0 Å². The number of nitrogens with one attached hydrogen (secondary N) is 1. The van der Waals surface area contributed by atoms with Gasteiger partial charge in [-0.1, -0.05) is 23.7 Å². The minimum absolute atomic E-state index is 0.0151. The van der Waals surface area contributed by atoms with Crippen molar-refractivity contribution in [1.82, 2.24) is 9.71 Å². The normalized spacial score (nSPS) is 10.4. The number of rotatable bonds is 6. The summed E-state index contributed by atoms with van der Waals surface area (Å²) in [6, 6.07) is 9.73. The quantitative estimate of drug-likeness (QED) is 0.497. The summed E-state index contributed by atoms with van der Waals surface area (Å²) < 4.78 is 0.931. The van der Waals surface area contributed by atoms with Gasteiger partial charge in [0.05, 0.1) is 4.92 Å². The molecule has 11 heteroatoms. The van der Waals surface area contributed by atoms with Crippen LogP contribution >= 0.6 is 22.9 Å². The van der Waals surface area contributed by atoms with E-state index < -0.39 is 16.4 Å². The van der Waals surface area contributed by atoms with Crippen LogP contribution in [0.3, 0.4) is 0 Å². The molecule has 1 amide bonds. The van der Waals surface area contributed by atoms with E-state index in [0.29, 0.717) is 16.4 Å². The molecule has 0 aliphatic carbocycles. The monoisotopic (exact) mass is 406 g/mol. The molecule has 138 valence electrons. The maximum Gasteiger partial charge on any atom is 0.345 e. The number of carbonyl (C=O) groups excluding carboxylic acids is 1. The molecule has 0 radical (unpaired) electrons. The van der Waals surface area contributed by atoms with Gasteiger partial charge in [-0.3, -0.25) is 25.0 Å². The summed E-state index contributed by atoms with van der Waals surface area (Å²) in [5.41, 5.74) is -0.121. The van der Waals surface area contributed by atoms with Crippen molar-refractivity contribution < 1.29 is 14.6 Å². The van der Waals surface area contributed by atoms with Crippen molar-refractivity contribution in [2.24, 2.45) is 0 Å². The number of nitrogens with zero attached hydrogens (tertiary/aromatic N) is 3. The van der Waals surface area contributed by atoms with Crippen molar-refractivity contribution in [3.63, 3.8) is 0 Å². The summed E-state index contributed by atoms with van der Waals surface area (Å²) in [4.78, 5) is 43.9. The molecule has 0 fully saturated rings. The largest absolute Gasteiger partial charge is 0.406 e. The minimum Gasteiger partial charge on any atom is -0.406 e. The zero-order valence-corrected chi connectivity index (χ0v) is 15.1. The van der Waals surface area contributed by atoms with E-state index in [-0.39, 0.29) is 22.3 Å². The van der Waals surface area contributed by atoms with E-state index >= 15 is 0 Å². The van der Waals surface area contributed by atoms with Crippen LogP contribution in [0.15, 0.2) is 53.6 Å². The average Bonchev–Trinajstić information content (AvgIpc) is 3.09. The molecule has 0 atom stereocenters. The van der Waals surface area contributed by atoms with Crippen LogP contribution in [0.2, 0.25) is 5.02 Å². The van der Waals surface area contributed by atoms with Gasteiger partial charge in [0.15, 0.2) is 5.13 Å². The van der Waals surface area contributed by atoms with Gasteiger partial charge < -0.3 is 4.84 Å². The third kappa shape index (κ3) is 4.49. The van der Waals surface area contributed by atoms with E-state index in [1.807, 2.05) is 0 Å². The highest BCUT2D eigenvalue weighted by Crippen LogP contribution is 2.25. The minimum atomic E-state index is -0.745. The first-order valence-electron chi connectivity index (χ1n) is 7.45. The zero-order chi connectivity index (χ0) is 19.4. The Hall–Kier alpha value is -3.24. The standard InChI is InChI=1S/C16H11ClN4O5S/c17-11-4-1-3-10(7-11)9-26-20-6-2-5-12(15(20)23)14(22)19-16-18-8-13(27-16)21(24)25/h1-8H,9H2,(H,18,19,22). The highest BCUT2D eigenvalue weighted by Gasteiger charge is 2.17. The van der Waals surface area contributed by atoms with Crippen molar-refractivity contribution in [3.05, 3.63) is 85.4 Å². The van der Waals surface area contributed by atoms with E-state index in [0.717, 1.165) is 16.5 Å². The van der Waals surface area contributed by atoms with Gasteiger partial charge in [-0.05, 0) is 41.2 Å². The van der Waals surface area contributed by atoms with Gasteiger partial charge in [-0.25, -0.2) is 4.98 Å². The summed E-state index contributed by atoms with van der Waals surface area (Å²) in [6.45, 7) is 0.0736. The molecule has 2 heterocycles. The first-order valence-corrected chi connectivity index (χ1v) is 8.64. The number of nitro groups is 1. The van der Waals surface area contributed by atoms with Crippen LogP contribution in [-0.2, 0) is 6.61 Å². The smallest absolute Gasteiger partial charge is 0.345 e. The Balaban J connectivity index is 1.74. The van der Waals surface area contributed by atoms with Crippen LogP contribution < -0.4 is 15.7 Å². The Bertz CT molecular complexity index is 1060. The maximum absolute atomic E-state index is 12.4. The molecule has 0 saturated heterocycles. The van der Waals surface area contributed by atoms with Crippen LogP contribution in [0.1, 0.15) is 15.9 Å². The number of aromatic nitrogens is 2. The van der Waals surface area contributed by atoms with Crippen molar-refractivity contribution in [3.8, 4) is 0 Å². The highest BCUT2D eigenvalue weighted by molar-refractivity contribution is 7.18. The van der Waals surface area contributed by atoms with Crippen molar-refractivity contribution in [2.45, 2.75) is 6.61 Å². The summed E-state index contributed by atoms with van der Waals surface area (Å²) in [5, 5.41) is 13.4. The molecule has 1 N–H and O–H groups in total. The van der Waals surface area contributed by atoms with Gasteiger partial charge in [0.25, 0.3) is 11.5 Å². The maximum atomic E-state index is 12.4. The molecule has 0 unspecified atom stereocenters. The molecule has 2 aromatic heterocycles. The Morgan fingerprint density at radius 3 is 2.89 bits per heavy atom.